The van der Waals surface area contributed by atoms with E-state index in [9.17, 15) is 8.78 Å². The molecule has 0 saturated carbocycles. The highest BCUT2D eigenvalue weighted by atomic mass is 79.9. The first kappa shape index (κ1) is 18.8. The number of nitrogens with two attached hydrogens (primary N) is 1. The maximum absolute atomic E-state index is 13.1. The summed E-state index contributed by atoms with van der Waals surface area (Å²) in [5, 5.41) is 2.27. The minimum Gasteiger partial charge on any atom is -1.00 e. The van der Waals surface area contributed by atoms with Gasteiger partial charge in [-0.25, -0.2) is 8.78 Å². The summed E-state index contributed by atoms with van der Waals surface area (Å²) in [6, 6.07) is 13.3. The molecule has 2 N–H and O–H groups in total. The summed E-state index contributed by atoms with van der Waals surface area (Å²) in [6.07, 6.45) is 2.06. The highest BCUT2D eigenvalue weighted by molar-refractivity contribution is 5.32. The van der Waals surface area contributed by atoms with Crippen molar-refractivity contribution in [3.63, 3.8) is 0 Å². The first-order valence-corrected chi connectivity index (χ1v) is 7.53. The molecule has 0 atom stereocenters. The smallest absolute Gasteiger partial charge is 0.123 e. The van der Waals surface area contributed by atoms with Crippen molar-refractivity contribution < 1.29 is 31.1 Å². The lowest BCUT2D eigenvalue weighted by Crippen LogP contribution is -3.00. The first-order chi connectivity index (χ1) is 10.2. The van der Waals surface area contributed by atoms with Crippen molar-refractivity contribution in [3.8, 4) is 0 Å². The van der Waals surface area contributed by atoms with E-state index in [0.29, 0.717) is 0 Å². The molecular weight excluding hydrogens is 348 g/mol. The number of hydrogen-bond acceptors (Lipinski definition) is 0. The van der Waals surface area contributed by atoms with Crippen molar-refractivity contribution in [2.24, 2.45) is 0 Å². The van der Waals surface area contributed by atoms with Gasteiger partial charge in [0, 0.05) is 5.92 Å². The maximum atomic E-state index is 13.1. The van der Waals surface area contributed by atoms with E-state index < -0.39 is 0 Å². The van der Waals surface area contributed by atoms with Crippen molar-refractivity contribution >= 4 is 0 Å². The second kappa shape index (κ2) is 9.70. The molecule has 2 rings (SSSR count). The summed E-state index contributed by atoms with van der Waals surface area (Å²) in [7, 11) is 0. The fraction of sp³-hybridized carbons (Fsp3) is 0.333. The average molecular weight is 370 g/mol. The molecular formula is C18H22BrF2N. The molecule has 0 saturated heterocycles. The normalized spacial score (nSPS) is 10.5. The van der Waals surface area contributed by atoms with Crippen LogP contribution in [0.5, 0.6) is 0 Å². The summed E-state index contributed by atoms with van der Waals surface area (Å²) in [4.78, 5) is 0. The molecule has 0 aliphatic rings. The van der Waals surface area contributed by atoms with E-state index in [1.807, 2.05) is 24.3 Å². The van der Waals surface area contributed by atoms with Gasteiger partial charge >= 0.3 is 0 Å². The quantitative estimate of drug-likeness (QED) is 0.683. The highest BCUT2D eigenvalue weighted by Crippen LogP contribution is 2.29. The lowest BCUT2D eigenvalue weighted by molar-refractivity contribution is -0.652. The van der Waals surface area contributed by atoms with Crippen molar-refractivity contribution in [2.75, 3.05) is 13.1 Å². The van der Waals surface area contributed by atoms with E-state index in [1.165, 1.54) is 24.3 Å². The van der Waals surface area contributed by atoms with Gasteiger partial charge in [-0.15, -0.1) is 0 Å². The van der Waals surface area contributed by atoms with E-state index >= 15 is 0 Å². The van der Waals surface area contributed by atoms with Crippen LogP contribution in [0.2, 0.25) is 0 Å². The monoisotopic (exact) mass is 369 g/mol. The molecule has 0 unspecified atom stereocenters. The molecule has 22 heavy (non-hydrogen) atoms. The Morgan fingerprint density at radius 2 is 1.32 bits per heavy atom. The molecule has 0 spiro atoms. The van der Waals surface area contributed by atoms with Gasteiger partial charge in [0.1, 0.15) is 11.6 Å². The van der Waals surface area contributed by atoms with Crippen LogP contribution in [0.3, 0.4) is 0 Å². The number of rotatable bonds is 7. The maximum Gasteiger partial charge on any atom is 0.123 e. The van der Waals surface area contributed by atoms with Gasteiger partial charge in [0.2, 0.25) is 0 Å². The van der Waals surface area contributed by atoms with Crippen LogP contribution in [-0.4, -0.2) is 13.1 Å². The largest absolute Gasteiger partial charge is 1.00 e. The number of halogens is 3. The molecule has 2 aromatic rings. The third kappa shape index (κ3) is 5.50. The zero-order valence-electron chi connectivity index (χ0n) is 12.7. The van der Waals surface area contributed by atoms with E-state index in [4.69, 9.17) is 0 Å². The fourth-order valence-corrected chi connectivity index (χ4v) is 2.59. The highest BCUT2D eigenvalue weighted by Gasteiger charge is 2.14. The van der Waals surface area contributed by atoms with Crippen molar-refractivity contribution in [3.05, 3.63) is 71.3 Å². The van der Waals surface area contributed by atoms with E-state index in [1.54, 1.807) is 0 Å². The number of benzene rings is 2. The molecule has 0 bridgehead atoms. The van der Waals surface area contributed by atoms with Crippen molar-refractivity contribution in [2.45, 2.75) is 25.7 Å². The minimum atomic E-state index is -0.226. The summed E-state index contributed by atoms with van der Waals surface area (Å²) in [6.45, 7) is 4.30. The van der Waals surface area contributed by atoms with E-state index in [2.05, 4.69) is 12.2 Å². The third-order valence-electron chi connectivity index (χ3n) is 3.73. The molecule has 0 aliphatic carbocycles. The SMILES string of the molecule is CC[NH2+]CCCC(c1ccc(F)cc1)c1ccc(F)cc1.[Br-]. The van der Waals surface area contributed by atoms with Crippen LogP contribution in [0, 0.1) is 11.6 Å². The topological polar surface area (TPSA) is 16.6 Å². The Hall–Kier alpha value is -1.26. The standard InChI is InChI=1S/C18H21F2N.BrH/c1-2-21-13-3-4-18(14-5-9-16(19)10-6-14)15-7-11-17(20)12-8-15;/h5-12,18,21H,2-4,13H2,1H3;1H. The lowest BCUT2D eigenvalue weighted by atomic mass is 9.87. The molecule has 4 heteroatoms. The second-order valence-electron chi connectivity index (χ2n) is 5.28. The van der Waals surface area contributed by atoms with E-state index in [-0.39, 0.29) is 34.5 Å². The van der Waals surface area contributed by atoms with Gasteiger partial charge in [0.25, 0.3) is 0 Å². The molecule has 0 heterocycles. The Bertz CT molecular complexity index is 495. The van der Waals surface area contributed by atoms with Crippen LogP contribution in [0.15, 0.2) is 48.5 Å². The summed E-state index contributed by atoms with van der Waals surface area (Å²) in [5.74, 6) is -0.261. The fourth-order valence-electron chi connectivity index (χ4n) is 2.59. The van der Waals surface area contributed by atoms with Crippen molar-refractivity contribution in [1.82, 2.24) is 0 Å². The summed E-state index contributed by atoms with van der Waals surface area (Å²) < 4.78 is 26.2. The molecule has 0 aromatic heterocycles. The molecule has 2 aromatic carbocycles. The molecule has 1 nitrogen and oxygen atoms in total. The second-order valence-corrected chi connectivity index (χ2v) is 5.28. The zero-order valence-corrected chi connectivity index (χ0v) is 14.3. The van der Waals surface area contributed by atoms with Crippen LogP contribution < -0.4 is 22.3 Å². The average Bonchev–Trinajstić information content (AvgIpc) is 2.50. The Morgan fingerprint density at radius 3 is 1.73 bits per heavy atom. The number of hydrogen-bond donors (Lipinski definition) is 1. The molecule has 0 aliphatic heterocycles. The van der Waals surface area contributed by atoms with Gasteiger partial charge in [-0.1, -0.05) is 24.3 Å². The van der Waals surface area contributed by atoms with E-state index in [0.717, 1.165) is 37.1 Å². The van der Waals surface area contributed by atoms with Crippen LogP contribution in [0.25, 0.3) is 0 Å². The van der Waals surface area contributed by atoms with Crippen LogP contribution in [-0.2, 0) is 0 Å². The Kier molecular flexibility index (Phi) is 8.28. The van der Waals surface area contributed by atoms with Gasteiger partial charge in [-0.3, -0.25) is 0 Å². The zero-order chi connectivity index (χ0) is 15.1. The van der Waals surface area contributed by atoms with Gasteiger partial charge in [-0.2, -0.15) is 0 Å². The minimum absolute atomic E-state index is 0. The Balaban J connectivity index is 0.00000242. The molecule has 120 valence electrons. The first-order valence-electron chi connectivity index (χ1n) is 7.53. The van der Waals surface area contributed by atoms with Crippen molar-refractivity contribution in [1.29, 1.82) is 0 Å². The summed E-state index contributed by atoms with van der Waals surface area (Å²) in [5.41, 5.74) is 2.17. The van der Waals surface area contributed by atoms with Crippen LogP contribution in [0.4, 0.5) is 8.78 Å². The Morgan fingerprint density at radius 1 is 0.864 bits per heavy atom. The van der Waals surface area contributed by atoms with Gasteiger partial charge in [0.05, 0.1) is 13.1 Å². The van der Waals surface area contributed by atoms with Crippen LogP contribution >= 0.6 is 0 Å². The van der Waals surface area contributed by atoms with Gasteiger partial charge in [-0.05, 0) is 55.2 Å². The molecule has 0 amide bonds. The molecule has 0 fully saturated rings. The Labute approximate surface area is 141 Å². The third-order valence-corrected chi connectivity index (χ3v) is 3.73. The summed E-state index contributed by atoms with van der Waals surface area (Å²) >= 11 is 0. The van der Waals surface area contributed by atoms with Gasteiger partial charge in [0.15, 0.2) is 0 Å². The lowest BCUT2D eigenvalue weighted by Gasteiger charge is -2.18. The predicted octanol–water partition coefficient (Wildman–Crippen LogP) is 0.464. The molecule has 0 radical (unpaired) electrons. The van der Waals surface area contributed by atoms with Crippen LogP contribution in [0.1, 0.15) is 36.8 Å². The van der Waals surface area contributed by atoms with Gasteiger partial charge < -0.3 is 22.3 Å². The predicted molar refractivity (Wildman–Crippen MR) is 81.2 cm³/mol. The number of quaternary nitrogens is 1.